The fourth-order valence-electron chi connectivity index (χ4n) is 1.21. The van der Waals surface area contributed by atoms with E-state index in [4.69, 9.17) is 10.9 Å². The van der Waals surface area contributed by atoms with Crippen molar-refractivity contribution in [2.75, 3.05) is 5.84 Å². The molecule has 3 N–H and O–H groups in total. The van der Waals surface area contributed by atoms with Crippen molar-refractivity contribution >= 4 is 11.0 Å². The molecular formula is C8H9N3O. The van der Waals surface area contributed by atoms with Gasteiger partial charge in [0.05, 0.1) is 11.0 Å². The van der Waals surface area contributed by atoms with E-state index in [1.165, 1.54) is 4.68 Å². The lowest BCUT2D eigenvalue weighted by Gasteiger charge is -1.96. The largest absolute Gasteiger partial charge is 0.388 e. The van der Waals surface area contributed by atoms with Crippen LogP contribution in [0.1, 0.15) is 5.82 Å². The summed E-state index contributed by atoms with van der Waals surface area (Å²) >= 11 is 0. The van der Waals surface area contributed by atoms with E-state index in [2.05, 4.69) is 4.98 Å². The molecule has 0 amide bonds. The molecule has 12 heavy (non-hydrogen) atoms. The maximum absolute atomic E-state index is 8.86. The molecule has 2 rings (SSSR count). The highest BCUT2D eigenvalue weighted by atomic mass is 16.3. The van der Waals surface area contributed by atoms with E-state index in [1.54, 1.807) is 0 Å². The van der Waals surface area contributed by atoms with Gasteiger partial charge in [0.15, 0.2) is 5.82 Å². The Bertz CT molecular complexity index is 408. The summed E-state index contributed by atoms with van der Waals surface area (Å²) in [4.78, 5) is 4.12. The second kappa shape index (κ2) is 2.49. The lowest BCUT2D eigenvalue weighted by molar-refractivity contribution is 0.269. The van der Waals surface area contributed by atoms with Crippen molar-refractivity contribution in [2.24, 2.45) is 0 Å². The van der Waals surface area contributed by atoms with Crippen LogP contribution in [0, 0.1) is 0 Å². The van der Waals surface area contributed by atoms with Gasteiger partial charge in [0, 0.05) is 0 Å². The normalized spacial score (nSPS) is 10.8. The molecule has 2 aromatic rings. The highest BCUT2D eigenvalue weighted by molar-refractivity contribution is 5.75. The lowest BCUT2D eigenvalue weighted by Crippen LogP contribution is -2.12. The number of benzene rings is 1. The molecule has 1 heterocycles. The Hall–Kier alpha value is -1.55. The van der Waals surface area contributed by atoms with Crippen molar-refractivity contribution in [3.63, 3.8) is 0 Å². The molecule has 0 radical (unpaired) electrons. The van der Waals surface area contributed by atoms with Gasteiger partial charge in [-0.2, -0.15) is 0 Å². The smallest absolute Gasteiger partial charge is 0.153 e. The summed E-state index contributed by atoms with van der Waals surface area (Å²) in [5.74, 6) is 6.13. The Labute approximate surface area is 69.2 Å². The predicted octanol–water partition coefficient (Wildman–Crippen LogP) is 0.242. The number of rotatable bonds is 1. The lowest BCUT2D eigenvalue weighted by atomic mass is 10.3. The zero-order valence-corrected chi connectivity index (χ0v) is 6.44. The van der Waals surface area contributed by atoms with E-state index in [-0.39, 0.29) is 6.61 Å². The van der Waals surface area contributed by atoms with Crippen molar-refractivity contribution in [3.05, 3.63) is 30.1 Å². The molecule has 0 spiro atoms. The molecule has 4 nitrogen and oxygen atoms in total. The van der Waals surface area contributed by atoms with Crippen LogP contribution in [0.4, 0.5) is 0 Å². The first-order valence-electron chi connectivity index (χ1n) is 3.65. The minimum atomic E-state index is -0.134. The van der Waals surface area contributed by atoms with Gasteiger partial charge in [0.1, 0.15) is 6.61 Å². The molecule has 0 saturated carbocycles. The van der Waals surface area contributed by atoms with E-state index in [1.807, 2.05) is 24.3 Å². The highest BCUT2D eigenvalue weighted by Gasteiger charge is 2.04. The van der Waals surface area contributed by atoms with Gasteiger partial charge in [-0.25, -0.2) is 9.66 Å². The number of aliphatic hydroxyl groups is 1. The molecule has 1 aromatic heterocycles. The standard InChI is InChI=1S/C8H9N3O/c9-11-7-4-2-1-3-6(7)10-8(11)5-12/h1-4,12H,5,9H2. The minimum absolute atomic E-state index is 0.134. The fraction of sp³-hybridized carbons (Fsp3) is 0.125. The third-order valence-electron chi connectivity index (χ3n) is 1.81. The SMILES string of the molecule is Nn1c(CO)nc2ccccc21. The maximum Gasteiger partial charge on any atom is 0.153 e. The topological polar surface area (TPSA) is 64.1 Å². The molecule has 0 unspecified atom stereocenters. The van der Waals surface area contributed by atoms with Gasteiger partial charge < -0.3 is 10.9 Å². The maximum atomic E-state index is 8.86. The Kier molecular flexibility index (Phi) is 1.48. The van der Waals surface area contributed by atoms with Crippen LogP contribution in [0.15, 0.2) is 24.3 Å². The molecule has 4 heteroatoms. The van der Waals surface area contributed by atoms with Crippen LogP contribution in [0.2, 0.25) is 0 Å². The van der Waals surface area contributed by atoms with Crippen LogP contribution in [0.3, 0.4) is 0 Å². The molecule has 0 aliphatic carbocycles. The number of aliphatic hydroxyl groups excluding tert-OH is 1. The van der Waals surface area contributed by atoms with Crippen LogP contribution >= 0.6 is 0 Å². The number of hydrogen-bond acceptors (Lipinski definition) is 3. The average molecular weight is 163 g/mol. The zero-order valence-electron chi connectivity index (χ0n) is 6.44. The first kappa shape index (κ1) is 7.12. The first-order valence-corrected chi connectivity index (χ1v) is 3.65. The van der Waals surface area contributed by atoms with Gasteiger partial charge in [0.2, 0.25) is 0 Å². The molecule has 0 fully saturated rings. The summed E-state index contributed by atoms with van der Waals surface area (Å²) in [6.45, 7) is -0.134. The van der Waals surface area contributed by atoms with E-state index in [0.717, 1.165) is 11.0 Å². The number of imidazole rings is 1. The molecule has 0 atom stereocenters. The monoisotopic (exact) mass is 163 g/mol. The minimum Gasteiger partial charge on any atom is -0.388 e. The first-order chi connectivity index (χ1) is 5.83. The number of nitrogens with two attached hydrogens (primary N) is 1. The summed E-state index contributed by atoms with van der Waals surface area (Å²) in [7, 11) is 0. The van der Waals surface area contributed by atoms with Gasteiger partial charge in [-0.1, -0.05) is 12.1 Å². The second-order valence-corrected chi connectivity index (χ2v) is 2.54. The van der Waals surface area contributed by atoms with E-state index < -0.39 is 0 Å². The molecule has 1 aromatic carbocycles. The van der Waals surface area contributed by atoms with Crippen LogP contribution in [0.5, 0.6) is 0 Å². The second-order valence-electron chi connectivity index (χ2n) is 2.54. The van der Waals surface area contributed by atoms with Gasteiger partial charge in [-0.05, 0) is 12.1 Å². The van der Waals surface area contributed by atoms with Crippen LogP contribution in [-0.4, -0.2) is 14.8 Å². The number of fused-ring (bicyclic) bond motifs is 1. The van der Waals surface area contributed by atoms with E-state index >= 15 is 0 Å². The van der Waals surface area contributed by atoms with Crippen LogP contribution in [-0.2, 0) is 6.61 Å². The Morgan fingerprint density at radius 1 is 1.42 bits per heavy atom. The Morgan fingerprint density at radius 2 is 2.17 bits per heavy atom. The van der Waals surface area contributed by atoms with Crippen molar-refractivity contribution in [1.82, 2.24) is 9.66 Å². The number of para-hydroxylation sites is 2. The summed E-state index contributed by atoms with van der Waals surface area (Å²) in [5, 5.41) is 8.86. The zero-order chi connectivity index (χ0) is 8.55. The molecule has 0 bridgehead atoms. The Balaban J connectivity index is 2.78. The molecule has 0 saturated heterocycles. The molecule has 62 valence electrons. The third kappa shape index (κ3) is 0.853. The Morgan fingerprint density at radius 3 is 2.83 bits per heavy atom. The quantitative estimate of drug-likeness (QED) is 0.592. The summed E-state index contributed by atoms with van der Waals surface area (Å²) in [6.07, 6.45) is 0. The summed E-state index contributed by atoms with van der Waals surface area (Å²) in [6, 6.07) is 7.49. The van der Waals surface area contributed by atoms with Crippen molar-refractivity contribution in [1.29, 1.82) is 0 Å². The molecule has 0 aliphatic rings. The van der Waals surface area contributed by atoms with Crippen LogP contribution < -0.4 is 5.84 Å². The summed E-state index contributed by atoms with van der Waals surface area (Å²) < 4.78 is 1.40. The third-order valence-corrected chi connectivity index (χ3v) is 1.81. The number of aromatic nitrogens is 2. The van der Waals surface area contributed by atoms with Gasteiger partial charge >= 0.3 is 0 Å². The number of nitrogens with zero attached hydrogens (tertiary/aromatic N) is 2. The number of hydrogen-bond donors (Lipinski definition) is 2. The predicted molar refractivity (Wildman–Crippen MR) is 45.8 cm³/mol. The van der Waals surface area contributed by atoms with Gasteiger partial charge in [-0.15, -0.1) is 0 Å². The summed E-state index contributed by atoms with van der Waals surface area (Å²) in [5.41, 5.74) is 1.64. The van der Waals surface area contributed by atoms with Gasteiger partial charge in [0.25, 0.3) is 0 Å². The fourth-order valence-corrected chi connectivity index (χ4v) is 1.21. The van der Waals surface area contributed by atoms with Crippen molar-refractivity contribution in [2.45, 2.75) is 6.61 Å². The van der Waals surface area contributed by atoms with Gasteiger partial charge in [-0.3, -0.25) is 0 Å². The van der Waals surface area contributed by atoms with Crippen LogP contribution in [0.25, 0.3) is 11.0 Å². The highest BCUT2D eigenvalue weighted by Crippen LogP contribution is 2.12. The molecule has 0 aliphatic heterocycles. The molecular weight excluding hydrogens is 154 g/mol. The van der Waals surface area contributed by atoms with E-state index in [0.29, 0.717) is 5.82 Å². The van der Waals surface area contributed by atoms with E-state index in [9.17, 15) is 0 Å². The van der Waals surface area contributed by atoms with Crippen molar-refractivity contribution < 1.29 is 5.11 Å². The number of nitrogen functional groups attached to an aromatic ring is 1. The average Bonchev–Trinajstić information content (AvgIpc) is 2.44. The van der Waals surface area contributed by atoms with Crippen molar-refractivity contribution in [3.8, 4) is 0 Å².